The predicted octanol–water partition coefficient (Wildman–Crippen LogP) is 6.15. The maximum atomic E-state index is 12.8. The summed E-state index contributed by atoms with van der Waals surface area (Å²) in [6, 6.07) is 9.80. The van der Waals surface area contributed by atoms with Crippen molar-refractivity contribution in [1.82, 2.24) is 19.9 Å². The number of halogens is 1. The van der Waals surface area contributed by atoms with Crippen molar-refractivity contribution in [2.45, 2.75) is 45.0 Å². The number of piperidine rings is 1. The van der Waals surface area contributed by atoms with Gasteiger partial charge in [0.15, 0.2) is 0 Å². The van der Waals surface area contributed by atoms with Crippen LogP contribution in [0, 0.1) is 0 Å². The molecule has 0 saturated carbocycles. The van der Waals surface area contributed by atoms with E-state index in [-0.39, 0.29) is 12.2 Å². The molecule has 5 rings (SSSR count). The number of hydrogen-bond acceptors (Lipinski definition) is 9. The summed E-state index contributed by atoms with van der Waals surface area (Å²) in [6.07, 6.45) is 1.18. The van der Waals surface area contributed by atoms with Crippen molar-refractivity contribution in [3.8, 4) is 5.75 Å². The molecular formula is C26H28BrN5O4S. The van der Waals surface area contributed by atoms with Gasteiger partial charge in [0, 0.05) is 23.8 Å². The summed E-state index contributed by atoms with van der Waals surface area (Å²) in [5, 5.41) is 4.16. The van der Waals surface area contributed by atoms with Crippen LogP contribution in [0.25, 0.3) is 21.1 Å². The Morgan fingerprint density at radius 2 is 1.97 bits per heavy atom. The van der Waals surface area contributed by atoms with Crippen LogP contribution >= 0.6 is 27.3 Å². The highest BCUT2D eigenvalue weighted by molar-refractivity contribution is 9.10. The number of aromatic nitrogens is 3. The van der Waals surface area contributed by atoms with Crippen LogP contribution in [0.5, 0.6) is 5.75 Å². The van der Waals surface area contributed by atoms with E-state index in [0.29, 0.717) is 31.1 Å². The lowest BCUT2D eigenvalue weighted by Gasteiger charge is -2.38. The normalized spacial score (nSPS) is 18.2. The van der Waals surface area contributed by atoms with Crippen LogP contribution in [0.15, 0.2) is 46.6 Å². The topological polar surface area (TPSA) is 98.7 Å². The Morgan fingerprint density at radius 3 is 2.76 bits per heavy atom. The van der Waals surface area contributed by atoms with Crippen LogP contribution in [0.3, 0.4) is 0 Å². The van der Waals surface area contributed by atoms with E-state index < -0.39 is 11.7 Å². The maximum absolute atomic E-state index is 12.8. The van der Waals surface area contributed by atoms with Gasteiger partial charge in [-0.15, -0.1) is 11.3 Å². The minimum Gasteiger partial charge on any atom is -0.485 e. The van der Waals surface area contributed by atoms with E-state index in [0.717, 1.165) is 31.3 Å². The molecule has 0 unspecified atom stereocenters. The lowest BCUT2D eigenvalue weighted by Crippen LogP contribution is -2.53. The molecule has 1 N–H and O–H groups in total. The molecule has 1 saturated heterocycles. The van der Waals surface area contributed by atoms with Gasteiger partial charge in [-0.25, -0.2) is 19.7 Å². The van der Waals surface area contributed by atoms with Gasteiger partial charge in [0.2, 0.25) is 0 Å². The van der Waals surface area contributed by atoms with Gasteiger partial charge in [-0.3, -0.25) is 0 Å². The van der Waals surface area contributed by atoms with Gasteiger partial charge in [-0.2, -0.15) is 0 Å². The maximum Gasteiger partial charge on any atom is 0.410 e. The third-order valence-corrected chi connectivity index (χ3v) is 7.24. The number of ether oxygens (including phenoxy) is 3. The van der Waals surface area contributed by atoms with Crippen molar-refractivity contribution >= 4 is 66.0 Å². The van der Waals surface area contributed by atoms with Crippen LogP contribution in [-0.4, -0.2) is 64.0 Å². The lowest BCUT2D eigenvalue weighted by molar-refractivity contribution is -0.0533. The van der Waals surface area contributed by atoms with Crippen LogP contribution < -0.4 is 10.1 Å². The van der Waals surface area contributed by atoms with E-state index in [9.17, 15) is 4.79 Å². The van der Waals surface area contributed by atoms with Crippen LogP contribution in [-0.2, 0) is 9.47 Å². The number of amides is 1. The number of likely N-dealkylation sites (tertiary alicyclic amines) is 1. The molecule has 1 aliphatic heterocycles. The standard InChI is InChI=1S/C26H28BrN5O4S/c1-26(2,3)36-25(33)32-8-7-19(34-4)21(12-32)35-20-10-15(27)9-18-23(20)24(29-13-28-18)31-16-5-6-17-22(11-16)37-14-30-17/h5-6,9-11,13-14,19,21H,7-8,12H2,1-4H3,(H,28,29,31)/t19-,21-/m1/s1. The second-order valence-corrected chi connectivity index (χ2v) is 11.6. The highest BCUT2D eigenvalue weighted by Crippen LogP contribution is 2.36. The van der Waals surface area contributed by atoms with Gasteiger partial charge in [0.1, 0.15) is 29.6 Å². The van der Waals surface area contributed by atoms with Crippen LogP contribution in [0.4, 0.5) is 16.3 Å². The number of carbonyl (C=O) groups is 1. The first-order valence-corrected chi connectivity index (χ1v) is 13.6. The molecule has 9 nitrogen and oxygen atoms in total. The summed E-state index contributed by atoms with van der Waals surface area (Å²) in [4.78, 5) is 27.8. The Kier molecular flexibility index (Phi) is 7.19. The summed E-state index contributed by atoms with van der Waals surface area (Å²) >= 11 is 5.16. The molecule has 0 bridgehead atoms. The first kappa shape index (κ1) is 25.6. The summed E-state index contributed by atoms with van der Waals surface area (Å²) in [5.74, 6) is 1.20. The van der Waals surface area contributed by atoms with Gasteiger partial charge >= 0.3 is 6.09 Å². The van der Waals surface area contributed by atoms with E-state index >= 15 is 0 Å². The lowest BCUT2D eigenvalue weighted by atomic mass is 10.0. The molecule has 0 spiro atoms. The molecule has 194 valence electrons. The fourth-order valence-electron chi connectivity index (χ4n) is 4.31. The van der Waals surface area contributed by atoms with Crippen molar-refractivity contribution in [2.75, 3.05) is 25.5 Å². The molecule has 1 aliphatic rings. The number of hydrogen-bond donors (Lipinski definition) is 1. The monoisotopic (exact) mass is 585 g/mol. The smallest absolute Gasteiger partial charge is 0.410 e. The number of nitrogens with one attached hydrogen (secondary N) is 1. The zero-order valence-electron chi connectivity index (χ0n) is 21.0. The molecular weight excluding hydrogens is 558 g/mol. The minimum absolute atomic E-state index is 0.192. The van der Waals surface area contributed by atoms with Gasteiger partial charge in [0.25, 0.3) is 0 Å². The molecule has 11 heteroatoms. The Labute approximate surface area is 227 Å². The summed E-state index contributed by atoms with van der Waals surface area (Å²) < 4.78 is 19.8. The molecule has 0 radical (unpaired) electrons. The third kappa shape index (κ3) is 5.78. The Hall–Kier alpha value is -3.02. The van der Waals surface area contributed by atoms with E-state index in [4.69, 9.17) is 14.2 Å². The molecule has 2 atom stereocenters. The molecule has 2 aromatic carbocycles. The highest BCUT2D eigenvalue weighted by atomic mass is 79.9. The van der Waals surface area contributed by atoms with E-state index in [1.54, 1.807) is 23.3 Å². The third-order valence-electron chi connectivity index (χ3n) is 5.99. The summed E-state index contributed by atoms with van der Waals surface area (Å²) in [6.45, 7) is 6.43. The van der Waals surface area contributed by atoms with Gasteiger partial charge in [0.05, 0.1) is 39.3 Å². The van der Waals surface area contributed by atoms with E-state index in [1.807, 2.05) is 56.6 Å². The van der Waals surface area contributed by atoms with Gasteiger partial charge in [-0.05, 0) is 57.5 Å². The average Bonchev–Trinajstić information content (AvgIpc) is 3.31. The second kappa shape index (κ2) is 10.4. The molecule has 4 aromatic rings. The number of thiazole rings is 1. The van der Waals surface area contributed by atoms with Crippen molar-refractivity contribution in [3.63, 3.8) is 0 Å². The Morgan fingerprint density at radius 1 is 1.14 bits per heavy atom. The zero-order valence-corrected chi connectivity index (χ0v) is 23.4. The van der Waals surface area contributed by atoms with Crippen molar-refractivity contribution < 1.29 is 19.0 Å². The molecule has 3 heterocycles. The van der Waals surface area contributed by atoms with Gasteiger partial charge in [-0.1, -0.05) is 15.9 Å². The van der Waals surface area contributed by atoms with E-state index in [1.165, 1.54) is 6.33 Å². The van der Waals surface area contributed by atoms with Crippen molar-refractivity contribution in [2.24, 2.45) is 0 Å². The number of anilines is 2. The minimum atomic E-state index is -0.577. The fourth-order valence-corrected chi connectivity index (χ4v) is 5.45. The van der Waals surface area contributed by atoms with Crippen molar-refractivity contribution in [1.29, 1.82) is 0 Å². The summed E-state index contributed by atoms with van der Waals surface area (Å²) in [7, 11) is 1.66. The Bertz CT molecular complexity index is 1440. The number of methoxy groups -OCH3 is 1. The first-order chi connectivity index (χ1) is 17.7. The highest BCUT2D eigenvalue weighted by Gasteiger charge is 2.35. The SMILES string of the molecule is CO[C@@H]1CCN(C(=O)OC(C)(C)C)C[C@H]1Oc1cc(Br)cc2ncnc(Nc3ccc4ncsc4c3)c12. The van der Waals surface area contributed by atoms with E-state index in [2.05, 4.69) is 36.2 Å². The molecule has 2 aromatic heterocycles. The molecule has 0 aliphatic carbocycles. The number of fused-ring (bicyclic) bond motifs is 2. The second-order valence-electron chi connectivity index (χ2n) is 9.83. The zero-order chi connectivity index (χ0) is 26.2. The first-order valence-electron chi connectivity index (χ1n) is 11.9. The van der Waals surface area contributed by atoms with Crippen molar-refractivity contribution in [3.05, 3.63) is 46.6 Å². The fraction of sp³-hybridized carbons (Fsp3) is 0.385. The number of carbonyl (C=O) groups excluding carboxylic acids is 1. The number of rotatable bonds is 5. The van der Waals surface area contributed by atoms with Crippen LogP contribution in [0.1, 0.15) is 27.2 Å². The quantitative estimate of drug-likeness (QED) is 0.298. The number of benzene rings is 2. The van der Waals surface area contributed by atoms with Crippen LogP contribution in [0.2, 0.25) is 0 Å². The predicted molar refractivity (Wildman–Crippen MR) is 148 cm³/mol. The molecule has 1 fully saturated rings. The summed E-state index contributed by atoms with van der Waals surface area (Å²) in [5.41, 5.74) is 3.80. The average molecular weight is 587 g/mol. The Balaban J connectivity index is 1.47. The molecule has 1 amide bonds. The number of nitrogens with zero attached hydrogens (tertiary/aromatic N) is 4. The van der Waals surface area contributed by atoms with Gasteiger partial charge < -0.3 is 24.4 Å². The largest absolute Gasteiger partial charge is 0.485 e. The molecule has 37 heavy (non-hydrogen) atoms.